The maximum Gasteiger partial charge on any atom is 0.220 e. The van der Waals surface area contributed by atoms with Crippen LogP contribution >= 0.6 is 0 Å². The lowest BCUT2D eigenvalue weighted by Gasteiger charge is -2.01. The van der Waals surface area contributed by atoms with Gasteiger partial charge < -0.3 is 10.3 Å². The van der Waals surface area contributed by atoms with Gasteiger partial charge in [0.2, 0.25) is 5.91 Å². The fourth-order valence-electron chi connectivity index (χ4n) is 2.69. The van der Waals surface area contributed by atoms with Gasteiger partial charge in [-0.1, -0.05) is 43.7 Å². The number of carbonyl (C=O) groups is 1. The lowest BCUT2D eigenvalue weighted by molar-refractivity contribution is -0.119. The van der Waals surface area contributed by atoms with Gasteiger partial charge in [-0.05, 0) is 6.42 Å². The fraction of sp³-hybridized carbons (Fsp3) is 0.375. The van der Waals surface area contributed by atoms with Crippen LogP contribution in [0, 0.1) is 0 Å². The maximum atomic E-state index is 11.4. The van der Waals surface area contributed by atoms with Crippen molar-refractivity contribution in [1.29, 1.82) is 0 Å². The molecule has 1 atom stereocenters. The van der Waals surface area contributed by atoms with Crippen molar-refractivity contribution in [2.24, 2.45) is 0 Å². The van der Waals surface area contributed by atoms with E-state index in [-0.39, 0.29) is 11.8 Å². The molecule has 2 heterocycles. The number of rotatable bonds is 4. The molecule has 0 bridgehead atoms. The van der Waals surface area contributed by atoms with Gasteiger partial charge >= 0.3 is 0 Å². The third-order valence-corrected chi connectivity index (χ3v) is 3.71. The van der Waals surface area contributed by atoms with Crippen molar-refractivity contribution in [1.82, 2.24) is 15.3 Å². The summed E-state index contributed by atoms with van der Waals surface area (Å²) in [5.41, 5.74) is 3.34. The molecule has 20 heavy (non-hydrogen) atoms. The topological polar surface area (TPSA) is 57.8 Å². The zero-order valence-electron chi connectivity index (χ0n) is 11.6. The predicted molar refractivity (Wildman–Crippen MR) is 78.4 cm³/mol. The van der Waals surface area contributed by atoms with Crippen LogP contribution in [0.15, 0.2) is 30.3 Å². The summed E-state index contributed by atoms with van der Waals surface area (Å²) >= 11 is 0. The van der Waals surface area contributed by atoms with E-state index in [4.69, 9.17) is 4.98 Å². The van der Waals surface area contributed by atoms with Crippen LogP contribution in [-0.2, 0) is 11.2 Å². The Morgan fingerprint density at radius 1 is 1.30 bits per heavy atom. The minimum absolute atomic E-state index is 0.115. The molecule has 2 aromatic rings. The highest BCUT2D eigenvalue weighted by atomic mass is 16.1. The van der Waals surface area contributed by atoms with E-state index in [1.165, 1.54) is 5.69 Å². The molecule has 0 saturated carbocycles. The maximum absolute atomic E-state index is 11.4. The van der Waals surface area contributed by atoms with Crippen molar-refractivity contribution in [3.63, 3.8) is 0 Å². The van der Waals surface area contributed by atoms with Crippen molar-refractivity contribution in [3.05, 3.63) is 41.9 Å². The summed E-state index contributed by atoms with van der Waals surface area (Å²) in [6.07, 6.45) is 2.59. The van der Waals surface area contributed by atoms with Crippen molar-refractivity contribution < 1.29 is 4.79 Å². The summed E-state index contributed by atoms with van der Waals surface area (Å²) in [5.74, 6) is 1.23. The molecule has 3 rings (SSSR count). The molecule has 1 aliphatic heterocycles. The molecule has 1 unspecified atom stereocenters. The molecule has 1 saturated heterocycles. The number of nitrogens with one attached hydrogen (secondary N) is 2. The highest BCUT2D eigenvalue weighted by Gasteiger charge is 2.26. The number of benzene rings is 1. The Morgan fingerprint density at radius 2 is 2.10 bits per heavy atom. The van der Waals surface area contributed by atoms with E-state index in [2.05, 4.69) is 29.4 Å². The van der Waals surface area contributed by atoms with E-state index in [9.17, 15) is 4.79 Å². The first-order valence-electron chi connectivity index (χ1n) is 7.18. The molecule has 1 aromatic heterocycles. The average Bonchev–Trinajstić information content (AvgIpc) is 3.07. The number of hydrogen-bond donors (Lipinski definition) is 2. The number of amides is 1. The Labute approximate surface area is 118 Å². The molecule has 1 fully saturated rings. The monoisotopic (exact) mass is 269 g/mol. The molecule has 4 nitrogen and oxygen atoms in total. The van der Waals surface area contributed by atoms with E-state index >= 15 is 0 Å². The van der Waals surface area contributed by atoms with Gasteiger partial charge in [0.05, 0.1) is 5.69 Å². The number of aromatic amines is 1. The summed E-state index contributed by atoms with van der Waals surface area (Å²) in [6, 6.07) is 10.2. The van der Waals surface area contributed by atoms with Crippen molar-refractivity contribution in [3.8, 4) is 11.3 Å². The van der Waals surface area contributed by atoms with Crippen LogP contribution in [0.1, 0.15) is 37.2 Å². The Balaban J connectivity index is 1.96. The Hall–Kier alpha value is -2.10. The second kappa shape index (κ2) is 5.49. The van der Waals surface area contributed by atoms with Crippen molar-refractivity contribution >= 4 is 5.91 Å². The van der Waals surface area contributed by atoms with Crippen molar-refractivity contribution in [2.75, 3.05) is 6.54 Å². The molecule has 1 amide bonds. The van der Waals surface area contributed by atoms with Gasteiger partial charge in [-0.3, -0.25) is 4.79 Å². The highest BCUT2D eigenvalue weighted by Crippen LogP contribution is 2.27. The number of aromatic nitrogens is 2. The summed E-state index contributed by atoms with van der Waals surface area (Å²) in [6.45, 7) is 2.85. The van der Waals surface area contributed by atoms with Crippen LogP contribution in [0.5, 0.6) is 0 Å². The number of aryl methyl sites for hydroxylation is 1. The zero-order valence-corrected chi connectivity index (χ0v) is 11.6. The van der Waals surface area contributed by atoms with Crippen LogP contribution in [0.3, 0.4) is 0 Å². The molecule has 0 radical (unpaired) electrons. The first-order valence-corrected chi connectivity index (χ1v) is 7.18. The minimum Gasteiger partial charge on any atom is -0.355 e. The molecule has 104 valence electrons. The van der Waals surface area contributed by atoms with Gasteiger partial charge in [0.25, 0.3) is 0 Å². The van der Waals surface area contributed by atoms with Gasteiger partial charge in [-0.15, -0.1) is 0 Å². The molecule has 4 heteroatoms. The first kappa shape index (κ1) is 12.9. The average molecular weight is 269 g/mol. The Bertz CT molecular complexity index is 603. The van der Waals surface area contributed by atoms with Crippen LogP contribution in [-0.4, -0.2) is 22.4 Å². The molecule has 0 spiro atoms. The van der Waals surface area contributed by atoms with Gasteiger partial charge in [0.15, 0.2) is 0 Å². The normalized spacial score (nSPS) is 18.2. The van der Waals surface area contributed by atoms with Crippen LogP contribution < -0.4 is 5.32 Å². The van der Waals surface area contributed by atoms with Crippen LogP contribution in [0.25, 0.3) is 11.3 Å². The number of imidazole rings is 1. The SMILES string of the molecule is CCCc1[nH]c(C2CNC(=O)C2)nc1-c1ccccc1. The fourth-order valence-corrected chi connectivity index (χ4v) is 2.69. The van der Waals surface area contributed by atoms with E-state index in [1.807, 2.05) is 18.2 Å². The molecule has 1 aliphatic rings. The van der Waals surface area contributed by atoms with Gasteiger partial charge in [-0.25, -0.2) is 4.98 Å². The Morgan fingerprint density at radius 3 is 2.75 bits per heavy atom. The van der Waals surface area contributed by atoms with Gasteiger partial charge in [0.1, 0.15) is 5.82 Å². The molecule has 1 aromatic carbocycles. The second-order valence-electron chi connectivity index (χ2n) is 5.27. The number of nitrogens with zero attached hydrogens (tertiary/aromatic N) is 1. The van der Waals surface area contributed by atoms with Crippen molar-refractivity contribution in [2.45, 2.75) is 32.1 Å². The molecule has 0 aliphatic carbocycles. The van der Waals surface area contributed by atoms with Crippen LogP contribution in [0.2, 0.25) is 0 Å². The zero-order chi connectivity index (χ0) is 13.9. The second-order valence-corrected chi connectivity index (χ2v) is 5.27. The first-order chi connectivity index (χ1) is 9.78. The van der Waals surface area contributed by atoms with Gasteiger partial charge in [0, 0.05) is 30.1 Å². The third-order valence-electron chi connectivity index (χ3n) is 3.71. The standard InChI is InChI=1S/C16H19N3O/c1-2-6-13-15(11-7-4-3-5-8-11)19-16(18-13)12-9-14(20)17-10-12/h3-5,7-8,12H,2,6,9-10H2,1H3,(H,17,20)(H,18,19). The predicted octanol–water partition coefficient (Wildman–Crippen LogP) is 2.63. The summed E-state index contributed by atoms with van der Waals surface area (Å²) in [4.78, 5) is 19.6. The summed E-state index contributed by atoms with van der Waals surface area (Å²) in [5, 5.41) is 2.87. The largest absolute Gasteiger partial charge is 0.355 e. The lowest BCUT2D eigenvalue weighted by Crippen LogP contribution is -2.13. The van der Waals surface area contributed by atoms with Crippen LogP contribution in [0.4, 0.5) is 0 Å². The van der Waals surface area contributed by atoms with E-state index in [1.54, 1.807) is 0 Å². The number of carbonyl (C=O) groups excluding carboxylic acids is 1. The van der Waals surface area contributed by atoms with E-state index in [0.717, 1.165) is 29.9 Å². The lowest BCUT2D eigenvalue weighted by atomic mass is 10.1. The molecular formula is C16H19N3O. The quantitative estimate of drug-likeness (QED) is 0.896. The van der Waals surface area contributed by atoms with E-state index in [0.29, 0.717) is 13.0 Å². The van der Waals surface area contributed by atoms with E-state index < -0.39 is 0 Å². The number of hydrogen-bond acceptors (Lipinski definition) is 2. The third kappa shape index (κ3) is 2.46. The summed E-state index contributed by atoms with van der Waals surface area (Å²) < 4.78 is 0. The summed E-state index contributed by atoms with van der Waals surface area (Å²) in [7, 11) is 0. The minimum atomic E-state index is 0.115. The highest BCUT2D eigenvalue weighted by molar-refractivity contribution is 5.79. The smallest absolute Gasteiger partial charge is 0.220 e. The molecule has 2 N–H and O–H groups in total. The Kier molecular flexibility index (Phi) is 3.54. The molecular weight excluding hydrogens is 250 g/mol. The van der Waals surface area contributed by atoms with Gasteiger partial charge in [-0.2, -0.15) is 0 Å². The number of H-pyrrole nitrogens is 1.